The van der Waals surface area contributed by atoms with Crippen molar-refractivity contribution in [2.45, 2.75) is 84.0 Å². The molecule has 0 aliphatic carbocycles. The minimum atomic E-state index is -1.14. The van der Waals surface area contributed by atoms with E-state index in [4.69, 9.17) is 17.2 Å². The van der Waals surface area contributed by atoms with Gasteiger partial charge >= 0.3 is 5.97 Å². The molecule has 12 nitrogen and oxygen atoms in total. The molecule has 0 heterocycles. The van der Waals surface area contributed by atoms with Crippen LogP contribution in [-0.4, -0.2) is 77.5 Å². The lowest BCUT2D eigenvalue weighted by molar-refractivity contribution is -0.142. The number of thioether (sulfide) groups is 1. The van der Waals surface area contributed by atoms with Crippen molar-refractivity contribution >= 4 is 41.4 Å². The highest BCUT2D eigenvalue weighted by Gasteiger charge is 2.31. The molecule has 10 N–H and O–H groups in total. The van der Waals surface area contributed by atoms with Crippen LogP contribution in [0, 0.1) is 11.8 Å². The van der Waals surface area contributed by atoms with Gasteiger partial charge in [0.05, 0.1) is 6.04 Å². The Morgan fingerprint density at radius 3 is 1.92 bits per heavy atom. The van der Waals surface area contributed by atoms with Crippen LogP contribution in [0.1, 0.15) is 59.8 Å². The largest absolute Gasteiger partial charge is 0.480 e. The fourth-order valence-electron chi connectivity index (χ4n) is 3.29. The van der Waals surface area contributed by atoms with Gasteiger partial charge in [0.1, 0.15) is 18.1 Å². The van der Waals surface area contributed by atoms with Gasteiger partial charge in [-0.25, -0.2) is 4.79 Å². The summed E-state index contributed by atoms with van der Waals surface area (Å²) in [6.07, 6.45) is 3.69. The molecule has 0 aromatic carbocycles. The Hall–Kier alpha value is -2.54. The highest BCUT2D eigenvalue weighted by molar-refractivity contribution is 7.98. The fourth-order valence-corrected chi connectivity index (χ4v) is 3.77. The van der Waals surface area contributed by atoms with Crippen molar-refractivity contribution in [1.82, 2.24) is 16.0 Å². The third kappa shape index (κ3) is 13.5. The van der Waals surface area contributed by atoms with Crippen LogP contribution in [0.2, 0.25) is 0 Å². The van der Waals surface area contributed by atoms with E-state index in [0.717, 1.165) is 0 Å². The lowest BCUT2D eigenvalue weighted by Crippen LogP contribution is -2.57. The molecular weight excluding hydrogens is 486 g/mol. The molecular formula is C23H45N7O5S. The lowest BCUT2D eigenvalue weighted by Gasteiger charge is -2.26. The summed E-state index contributed by atoms with van der Waals surface area (Å²) in [7, 11) is 0. The van der Waals surface area contributed by atoms with Crippen LogP contribution in [0.4, 0.5) is 0 Å². The van der Waals surface area contributed by atoms with Crippen molar-refractivity contribution in [1.29, 1.82) is 0 Å². The van der Waals surface area contributed by atoms with E-state index >= 15 is 0 Å². The zero-order chi connectivity index (χ0) is 27.8. The first-order chi connectivity index (χ1) is 16.8. The van der Waals surface area contributed by atoms with E-state index < -0.39 is 47.9 Å². The summed E-state index contributed by atoms with van der Waals surface area (Å²) in [5.74, 6) is -2.35. The van der Waals surface area contributed by atoms with Gasteiger partial charge in [0.2, 0.25) is 17.7 Å². The van der Waals surface area contributed by atoms with E-state index in [1.54, 1.807) is 0 Å². The smallest absolute Gasteiger partial charge is 0.326 e. The number of nitrogens with zero attached hydrogens (tertiary/aromatic N) is 1. The average molecular weight is 532 g/mol. The van der Waals surface area contributed by atoms with Gasteiger partial charge in [-0.1, -0.05) is 34.1 Å². The Kier molecular flexibility index (Phi) is 16.6. The van der Waals surface area contributed by atoms with Gasteiger partial charge < -0.3 is 38.3 Å². The van der Waals surface area contributed by atoms with E-state index in [2.05, 4.69) is 20.9 Å². The highest BCUT2D eigenvalue weighted by Crippen LogP contribution is 2.10. The van der Waals surface area contributed by atoms with Crippen molar-refractivity contribution < 1.29 is 24.3 Å². The van der Waals surface area contributed by atoms with Crippen LogP contribution < -0.4 is 33.2 Å². The van der Waals surface area contributed by atoms with Crippen molar-refractivity contribution in [3.05, 3.63) is 0 Å². The summed E-state index contributed by atoms with van der Waals surface area (Å²) in [4.78, 5) is 54.3. The summed E-state index contributed by atoms with van der Waals surface area (Å²) in [6.45, 7) is 7.72. The first-order valence-electron chi connectivity index (χ1n) is 12.3. The molecule has 0 rings (SSSR count). The van der Waals surface area contributed by atoms with Gasteiger partial charge in [-0.15, -0.1) is 0 Å². The zero-order valence-electron chi connectivity index (χ0n) is 22.1. The van der Waals surface area contributed by atoms with Crippen LogP contribution >= 0.6 is 11.8 Å². The average Bonchev–Trinajstić information content (AvgIpc) is 2.81. The highest BCUT2D eigenvalue weighted by atomic mass is 32.2. The number of carbonyl (C=O) groups is 4. The van der Waals surface area contributed by atoms with Gasteiger partial charge in [0.25, 0.3) is 0 Å². The lowest BCUT2D eigenvalue weighted by atomic mass is 9.98. The predicted molar refractivity (Wildman–Crippen MR) is 143 cm³/mol. The number of carbonyl (C=O) groups excluding carboxylic acids is 3. The number of nitrogens with two attached hydrogens (primary N) is 3. The maximum atomic E-state index is 13.2. The van der Waals surface area contributed by atoms with E-state index in [1.165, 1.54) is 11.8 Å². The molecule has 36 heavy (non-hydrogen) atoms. The molecule has 0 aromatic rings. The number of carboxylic acid groups (broad SMARTS) is 1. The quantitative estimate of drug-likeness (QED) is 0.0704. The number of hydrogen-bond donors (Lipinski definition) is 7. The molecule has 0 aliphatic rings. The van der Waals surface area contributed by atoms with Crippen molar-refractivity contribution in [2.75, 3.05) is 18.6 Å². The monoisotopic (exact) mass is 531 g/mol. The molecule has 0 fully saturated rings. The van der Waals surface area contributed by atoms with Gasteiger partial charge in [-0.3, -0.25) is 19.4 Å². The number of hydrogen-bond acceptors (Lipinski definition) is 7. The Bertz CT molecular complexity index is 746. The summed E-state index contributed by atoms with van der Waals surface area (Å²) in [5, 5.41) is 17.4. The number of carboxylic acids is 1. The molecule has 0 saturated heterocycles. The third-order valence-electron chi connectivity index (χ3n) is 5.70. The van der Waals surface area contributed by atoms with Crippen LogP contribution in [0.25, 0.3) is 0 Å². The molecule has 13 heteroatoms. The van der Waals surface area contributed by atoms with Crippen LogP contribution in [-0.2, 0) is 19.2 Å². The summed E-state index contributed by atoms with van der Waals surface area (Å²) >= 11 is 1.49. The summed E-state index contributed by atoms with van der Waals surface area (Å²) < 4.78 is 0. The van der Waals surface area contributed by atoms with Crippen molar-refractivity contribution in [2.24, 2.45) is 34.0 Å². The van der Waals surface area contributed by atoms with Gasteiger partial charge in [-0.05, 0) is 49.5 Å². The minimum Gasteiger partial charge on any atom is -0.480 e. The van der Waals surface area contributed by atoms with Crippen LogP contribution in [0.3, 0.4) is 0 Å². The normalized spacial score (nSPS) is 15.2. The second-order valence-corrected chi connectivity index (χ2v) is 10.3. The third-order valence-corrected chi connectivity index (χ3v) is 6.35. The molecule has 0 aliphatic heterocycles. The summed E-state index contributed by atoms with van der Waals surface area (Å²) in [5.41, 5.74) is 16.7. The van der Waals surface area contributed by atoms with E-state index in [9.17, 15) is 24.3 Å². The molecule has 3 amide bonds. The zero-order valence-corrected chi connectivity index (χ0v) is 22.9. The Morgan fingerprint density at radius 2 is 1.44 bits per heavy atom. The molecule has 5 atom stereocenters. The van der Waals surface area contributed by atoms with Gasteiger partial charge in [-0.2, -0.15) is 11.8 Å². The van der Waals surface area contributed by atoms with Crippen LogP contribution in [0.15, 0.2) is 4.99 Å². The molecule has 0 aromatic heterocycles. The first kappa shape index (κ1) is 33.5. The summed E-state index contributed by atoms with van der Waals surface area (Å²) in [6, 6.07) is -3.82. The number of rotatable bonds is 18. The molecule has 0 radical (unpaired) electrons. The molecule has 5 unspecified atom stereocenters. The first-order valence-corrected chi connectivity index (χ1v) is 13.7. The van der Waals surface area contributed by atoms with E-state index in [0.29, 0.717) is 18.6 Å². The molecule has 0 saturated carbocycles. The fraction of sp³-hybridized carbons (Fsp3) is 0.783. The SMILES string of the molecule is CCC(C)C(N)C(=O)NC(CCCN=C(N)N)C(=O)NC(CCSC)C(=O)NC(CC(C)C)C(=O)O. The predicted octanol–water partition coefficient (Wildman–Crippen LogP) is -0.248. The van der Waals surface area contributed by atoms with Crippen LogP contribution in [0.5, 0.6) is 0 Å². The number of aliphatic carboxylic acids is 1. The van der Waals surface area contributed by atoms with E-state index in [-0.39, 0.29) is 43.6 Å². The maximum Gasteiger partial charge on any atom is 0.326 e. The maximum absolute atomic E-state index is 13.2. The Labute approximate surface area is 218 Å². The van der Waals surface area contributed by atoms with E-state index in [1.807, 2.05) is 34.0 Å². The van der Waals surface area contributed by atoms with Crippen molar-refractivity contribution in [3.63, 3.8) is 0 Å². The Balaban J connectivity index is 5.61. The van der Waals surface area contributed by atoms with Gasteiger partial charge in [0.15, 0.2) is 5.96 Å². The number of guanidine groups is 1. The second-order valence-electron chi connectivity index (χ2n) is 9.29. The molecule has 208 valence electrons. The standard InChI is InChI=1S/C23H45N7O5S/c1-6-14(4)18(24)21(33)29-15(8-7-10-27-23(25)26)19(31)28-16(9-11-36-5)20(32)30-17(22(34)35)12-13(2)3/h13-18H,6-12,24H2,1-5H3,(H,28,31)(H,29,33)(H,30,32)(H,34,35)(H4,25,26,27). The molecule has 0 spiro atoms. The number of aliphatic imine (C=N–C) groups is 1. The second kappa shape index (κ2) is 17.8. The number of nitrogens with one attached hydrogen (secondary N) is 3. The minimum absolute atomic E-state index is 0.0465. The number of amides is 3. The Morgan fingerprint density at radius 1 is 0.917 bits per heavy atom. The molecule has 0 bridgehead atoms. The topological polar surface area (TPSA) is 215 Å². The van der Waals surface area contributed by atoms with Crippen molar-refractivity contribution in [3.8, 4) is 0 Å². The van der Waals surface area contributed by atoms with Gasteiger partial charge in [0, 0.05) is 6.54 Å².